The predicted molar refractivity (Wildman–Crippen MR) is 36.4 cm³/mol. The molecule has 0 aromatic rings. The van der Waals surface area contributed by atoms with Crippen molar-refractivity contribution in [3.8, 4) is 0 Å². The summed E-state index contributed by atoms with van der Waals surface area (Å²) in [5.74, 6) is -0.810. The highest BCUT2D eigenvalue weighted by Crippen LogP contribution is 2.06. The van der Waals surface area contributed by atoms with Gasteiger partial charge in [0.25, 0.3) is 0 Å². The van der Waals surface area contributed by atoms with Gasteiger partial charge in [-0.2, -0.15) is 0 Å². The molecule has 2 N–H and O–H groups in total. The Bertz CT molecular complexity index is 157. The number of aliphatic carboxylic acids is 1. The van der Waals surface area contributed by atoms with Crippen molar-refractivity contribution in [2.24, 2.45) is 0 Å². The van der Waals surface area contributed by atoms with E-state index >= 15 is 0 Å². The second-order valence-electron chi connectivity index (χ2n) is 2.00. The second-order valence-corrected chi connectivity index (χ2v) is 2.49. The molecule has 0 bridgehead atoms. The topological polar surface area (TPSA) is 49.3 Å². The Kier molecular flexibility index (Phi) is 1.66. The first-order chi connectivity index (χ1) is 4.20. The van der Waals surface area contributed by atoms with Crippen molar-refractivity contribution in [1.82, 2.24) is 5.32 Å². The lowest BCUT2D eigenvalue weighted by Crippen LogP contribution is -2.31. The Morgan fingerprint density at radius 1 is 1.89 bits per heavy atom. The minimum Gasteiger partial charge on any atom is -0.480 e. The zero-order valence-electron chi connectivity index (χ0n) is 4.76. The highest BCUT2D eigenvalue weighted by Gasteiger charge is 2.23. The number of hydrogen-bond acceptors (Lipinski definition) is 2. The Morgan fingerprint density at radius 3 is 2.78 bits per heavy atom. The lowest BCUT2D eigenvalue weighted by atomic mass is 10.2. The molecule has 1 saturated heterocycles. The van der Waals surface area contributed by atoms with E-state index in [4.69, 9.17) is 17.3 Å². The number of nitrogens with one attached hydrogen (secondary N) is 1. The van der Waals surface area contributed by atoms with Gasteiger partial charge >= 0.3 is 5.97 Å². The molecule has 0 radical (unpaired) electrons. The number of hydrogen-bond donors (Lipinski definition) is 2. The number of rotatable bonds is 1. The van der Waals surface area contributed by atoms with Crippen LogP contribution in [0.15, 0.2) is 0 Å². The van der Waals surface area contributed by atoms with Crippen LogP contribution in [0.1, 0.15) is 12.8 Å². The molecule has 0 unspecified atom stereocenters. The largest absolute Gasteiger partial charge is 0.480 e. The van der Waals surface area contributed by atoms with Crippen LogP contribution in [0.4, 0.5) is 0 Å². The Hall–Kier alpha value is -0.640. The smallest absolute Gasteiger partial charge is 0.326 e. The van der Waals surface area contributed by atoms with Crippen LogP contribution >= 0.6 is 12.2 Å². The fourth-order valence-electron chi connectivity index (χ4n) is 0.799. The van der Waals surface area contributed by atoms with Gasteiger partial charge < -0.3 is 10.4 Å². The first-order valence-electron chi connectivity index (χ1n) is 2.72. The summed E-state index contributed by atoms with van der Waals surface area (Å²) in [6, 6.07) is -0.433. The molecule has 50 valence electrons. The fraction of sp³-hybridized carbons (Fsp3) is 0.600. The minimum atomic E-state index is -0.810. The molecule has 9 heavy (non-hydrogen) atoms. The fourth-order valence-corrected chi connectivity index (χ4v) is 1.06. The second kappa shape index (κ2) is 2.31. The summed E-state index contributed by atoms with van der Waals surface area (Å²) in [4.78, 5) is 10.9. The molecular formula is C5H7NO2S. The molecule has 1 rings (SSSR count). The van der Waals surface area contributed by atoms with Crippen LogP contribution in [0.5, 0.6) is 0 Å². The maximum absolute atomic E-state index is 10.2. The third-order valence-corrected chi connectivity index (χ3v) is 1.62. The van der Waals surface area contributed by atoms with Crippen LogP contribution in [0.2, 0.25) is 0 Å². The van der Waals surface area contributed by atoms with Crippen LogP contribution in [-0.2, 0) is 4.79 Å². The van der Waals surface area contributed by atoms with Gasteiger partial charge in [0.1, 0.15) is 6.04 Å². The van der Waals surface area contributed by atoms with Crippen molar-refractivity contribution < 1.29 is 9.90 Å². The van der Waals surface area contributed by atoms with Gasteiger partial charge in [-0.15, -0.1) is 0 Å². The van der Waals surface area contributed by atoms with Crippen molar-refractivity contribution in [3.05, 3.63) is 0 Å². The Balaban J connectivity index is 2.48. The maximum Gasteiger partial charge on any atom is 0.326 e. The van der Waals surface area contributed by atoms with E-state index in [9.17, 15) is 4.79 Å². The molecule has 0 aromatic carbocycles. The number of carboxylic acid groups (broad SMARTS) is 1. The Labute approximate surface area is 58.1 Å². The lowest BCUT2D eigenvalue weighted by molar-refractivity contribution is -0.138. The molecular weight excluding hydrogens is 138 g/mol. The monoisotopic (exact) mass is 145 g/mol. The van der Waals surface area contributed by atoms with Crippen LogP contribution in [-0.4, -0.2) is 22.1 Å². The van der Waals surface area contributed by atoms with Crippen molar-refractivity contribution in [1.29, 1.82) is 0 Å². The first kappa shape index (κ1) is 6.48. The molecule has 1 atom stereocenters. The van der Waals surface area contributed by atoms with E-state index in [0.717, 1.165) is 0 Å². The summed E-state index contributed by atoms with van der Waals surface area (Å²) in [7, 11) is 0. The molecule has 0 amide bonds. The molecule has 1 heterocycles. The van der Waals surface area contributed by atoms with E-state index in [2.05, 4.69) is 5.32 Å². The highest BCUT2D eigenvalue weighted by atomic mass is 32.1. The molecule has 1 fully saturated rings. The van der Waals surface area contributed by atoms with Gasteiger partial charge in [-0.05, 0) is 6.42 Å². The van der Waals surface area contributed by atoms with Gasteiger partial charge in [0, 0.05) is 6.42 Å². The normalized spacial score (nSPS) is 25.8. The average molecular weight is 145 g/mol. The standard InChI is InChI=1S/C5H7NO2S/c7-5(8)3-1-2-4(9)6-3/h3H,1-2H2,(H,6,9)(H,7,8)/t3-/m1/s1. The van der Waals surface area contributed by atoms with E-state index in [0.29, 0.717) is 17.8 Å². The van der Waals surface area contributed by atoms with E-state index in [1.165, 1.54) is 0 Å². The van der Waals surface area contributed by atoms with Crippen molar-refractivity contribution in [3.63, 3.8) is 0 Å². The molecule has 1 aliphatic heterocycles. The molecule has 0 saturated carbocycles. The average Bonchev–Trinajstić information content (AvgIpc) is 2.14. The van der Waals surface area contributed by atoms with Crippen LogP contribution in [0.3, 0.4) is 0 Å². The van der Waals surface area contributed by atoms with Crippen molar-refractivity contribution in [2.75, 3.05) is 0 Å². The van der Waals surface area contributed by atoms with Gasteiger partial charge in [0.15, 0.2) is 0 Å². The minimum absolute atomic E-state index is 0.433. The molecule has 3 nitrogen and oxygen atoms in total. The lowest BCUT2D eigenvalue weighted by Gasteiger charge is -2.01. The van der Waals surface area contributed by atoms with Crippen LogP contribution < -0.4 is 5.32 Å². The molecule has 0 aromatic heterocycles. The number of thiocarbonyl (C=S) groups is 1. The van der Waals surface area contributed by atoms with E-state index in [1.54, 1.807) is 0 Å². The maximum atomic E-state index is 10.2. The Morgan fingerprint density at radius 2 is 2.56 bits per heavy atom. The van der Waals surface area contributed by atoms with Gasteiger partial charge in [-0.1, -0.05) is 12.2 Å². The van der Waals surface area contributed by atoms with E-state index in [1.807, 2.05) is 0 Å². The summed E-state index contributed by atoms with van der Waals surface area (Å²) in [6.45, 7) is 0. The van der Waals surface area contributed by atoms with E-state index < -0.39 is 12.0 Å². The summed E-state index contributed by atoms with van der Waals surface area (Å²) in [5, 5.41) is 11.1. The third kappa shape index (κ3) is 1.38. The SMILES string of the molecule is O=C(O)[C@H]1CCC(=S)N1. The predicted octanol–water partition coefficient (Wildman–Crippen LogP) is 0.150. The van der Waals surface area contributed by atoms with Crippen LogP contribution in [0.25, 0.3) is 0 Å². The van der Waals surface area contributed by atoms with Crippen molar-refractivity contribution in [2.45, 2.75) is 18.9 Å². The highest BCUT2D eigenvalue weighted by molar-refractivity contribution is 7.80. The van der Waals surface area contributed by atoms with Crippen molar-refractivity contribution >= 4 is 23.2 Å². The van der Waals surface area contributed by atoms with Gasteiger partial charge in [0.05, 0.1) is 4.99 Å². The van der Waals surface area contributed by atoms with Gasteiger partial charge in [0.2, 0.25) is 0 Å². The molecule has 0 aliphatic carbocycles. The van der Waals surface area contributed by atoms with E-state index in [-0.39, 0.29) is 0 Å². The third-order valence-electron chi connectivity index (χ3n) is 1.29. The molecule has 4 heteroatoms. The molecule has 0 spiro atoms. The first-order valence-corrected chi connectivity index (χ1v) is 3.13. The summed E-state index contributed by atoms with van der Waals surface area (Å²) < 4.78 is 0. The zero-order valence-corrected chi connectivity index (χ0v) is 5.57. The van der Waals surface area contributed by atoms with Gasteiger partial charge in [-0.25, -0.2) is 4.79 Å². The summed E-state index contributed by atoms with van der Waals surface area (Å²) >= 11 is 4.74. The quantitative estimate of drug-likeness (QED) is 0.516. The number of carboxylic acids is 1. The van der Waals surface area contributed by atoms with Crippen LogP contribution in [0, 0.1) is 0 Å². The molecule has 1 aliphatic rings. The van der Waals surface area contributed by atoms with Gasteiger partial charge in [-0.3, -0.25) is 0 Å². The summed E-state index contributed by atoms with van der Waals surface area (Å²) in [5.41, 5.74) is 0. The number of carbonyl (C=O) groups is 1. The zero-order chi connectivity index (χ0) is 6.85. The summed E-state index contributed by atoms with van der Waals surface area (Å²) in [6.07, 6.45) is 1.35.